The number of halogens is 4. The molecule has 1 aliphatic heterocycles. The predicted octanol–water partition coefficient (Wildman–Crippen LogP) is 4.15. The summed E-state index contributed by atoms with van der Waals surface area (Å²) in [4.78, 5) is 4.87. The Morgan fingerprint density at radius 1 is 1.45 bits per heavy atom. The number of pyridine rings is 1. The van der Waals surface area contributed by atoms with Gasteiger partial charge in [-0.25, -0.2) is 4.98 Å². The Labute approximate surface area is 125 Å². The van der Waals surface area contributed by atoms with Crippen molar-refractivity contribution in [1.82, 2.24) is 9.88 Å². The van der Waals surface area contributed by atoms with Gasteiger partial charge in [0.25, 0.3) is 0 Å². The Balaban J connectivity index is 2.09. The van der Waals surface area contributed by atoms with E-state index in [-0.39, 0.29) is 0 Å². The van der Waals surface area contributed by atoms with Crippen molar-refractivity contribution in [3.8, 4) is 0 Å². The van der Waals surface area contributed by atoms with Crippen LogP contribution in [-0.2, 0) is 6.54 Å². The maximum Gasteiger partial charge on any atom is 0.426 e. The molecule has 108 valence electrons. The van der Waals surface area contributed by atoms with E-state index in [2.05, 4.69) is 17.2 Å². The highest BCUT2D eigenvalue weighted by molar-refractivity contribution is 7.80. The molecule has 0 N–H and O–H groups in total. The summed E-state index contributed by atoms with van der Waals surface area (Å²) in [5, 5.41) is 0.393. The Morgan fingerprint density at radius 3 is 2.80 bits per heavy atom. The second-order valence-corrected chi connectivity index (χ2v) is 5.34. The fourth-order valence-electron chi connectivity index (χ4n) is 2.05. The average Bonchev–Trinajstić information content (AvgIpc) is 2.78. The summed E-state index contributed by atoms with van der Waals surface area (Å²) in [5.41, 5.74) is 1.53. The minimum atomic E-state index is -4.45. The summed E-state index contributed by atoms with van der Waals surface area (Å²) in [6.45, 7) is 1.23. The van der Waals surface area contributed by atoms with Gasteiger partial charge in [-0.3, -0.25) is 0 Å². The highest BCUT2D eigenvalue weighted by Crippen LogP contribution is 2.26. The third-order valence-corrected chi connectivity index (χ3v) is 3.58. The van der Waals surface area contributed by atoms with E-state index in [1.54, 1.807) is 12.3 Å². The molecule has 1 aromatic heterocycles. The average molecular weight is 321 g/mol. The largest absolute Gasteiger partial charge is 0.426 e. The van der Waals surface area contributed by atoms with Gasteiger partial charge in [-0.15, -0.1) is 0 Å². The zero-order chi connectivity index (χ0) is 14.8. The van der Waals surface area contributed by atoms with Crippen LogP contribution in [-0.4, -0.2) is 27.5 Å². The standard InChI is InChI=1S/C13H12ClF3N2S/c14-12-4-3-9(7-18-12)8-19-5-1-2-10(19)6-11(20)13(15,16)17/h3-4,6-7H,1-2,5,8H2/b10-6+. The van der Waals surface area contributed by atoms with Crippen molar-refractivity contribution < 1.29 is 13.2 Å². The van der Waals surface area contributed by atoms with Crippen LogP contribution in [0.4, 0.5) is 13.2 Å². The van der Waals surface area contributed by atoms with Crippen LogP contribution in [0.5, 0.6) is 0 Å². The predicted molar refractivity (Wildman–Crippen MR) is 75.6 cm³/mol. The first kappa shape index (κ1) is 15.3. The van der Waals surface area contributed by atoms with Gasteiger partial charge < -0.3 is 4.90 Å². The van der Waals surface area contributed by atoms with Crippen molar-refractivity contribution >= 4 is 28.7 Å². The summed E-state index contributed by atoms with van der Waals surface area (Å²) in [5.74, 6) is 0. The monoisotopic (exact) mass is 320 g/mol. The maximum atomic E-state index is 12.5. The van der Waals surface area contributed by atoms with Gasteiger partial charge in [0.05, 0.1) is 0 Å². The molecular weight excluding hydrogens is 309 g/mol. The Morgan fingerprint density at radius 2 is 2.20 bits per heavy atom. The quantitative estimate of drug-likeness (QED) is 0.473. The molecule has 1 saturated heterocycles. The lowest BCUT2D eigenvalue weighted by Crippen LogP contribution is -2.22. The molecule has 2 heterocycles. The van der Waals surface area contributed by atoms with Gasteiger partial charge >= 0.3 is 6.18 Å². The molecule has 0 aromatic carbocycles. The lowest BCUT2D eigenvalue weighted by Gasteiger charge is -2.20. The van der Waals surface area contributed by atoms with Gasteiger partial charge in [-0.05, 0) is 30.5 Å². The lowest BCUT2D eigenvalue weighted by atomic mass is 10.2. The molecule has 2 nitrogen and oxygen atoms in total. The van der Waals surface area contributed by atoms with E-state index in [0.717, 1.165) is 24.6 Å². The number of thiocarbonyl (C=S) groups is 1. The van der Waals surface area contributed by atoms with Crippen LogP contribution in [0.15, 0.2) is 30.1 Å². The number of allylic oxidation sites excluding steroid dienone is 2. The maximum absolute atomic E-state index is 12.5. The van der Waals surface area contributed by atoms with Crippen LogP contribution >= 0.6 is 23.8 Å². The Bertz CT molecular complexity index is 525. The van der Waals surface area contributed by atoms with E-state index >= 15 is 0 Å². The third-order valence-electron chi connectivity index (χ3n) is 3.01. The van der Waals surface area contributed by atoms with Gasteiger partial charge in [-0.2, -0.15) is 13.2 Å². The molecule has 0 saturated carbocycles. The van der Waals surface area contributed by atoms with Crippen LogP contribution in [0.2, 0.25) is 5.15 Å². The van der Waals surface area contributed by atoms with Crippen LogP contribution in [0, 0.1) is 0 Å². The molecule has 2 rings (SSSR count). The lowest BCUT2D eigenvalue weighted by molar-refractivity contribution is -0.0553. The minimum absolute atomic E-state index is 0.393. The van der Waals surface area contributed by atoms with E-state index < -0.39 is 11.0 Å². The first-order valence-electron chi connectivity index (χ1n) is 6.03. The molecular formula is C13H12ClF3N2S. The van der Waals surface area contributed by atoms with Crippen molar-refractivity contribution in [3.63, 3.8) is 0 Å². The second-order valence-electron chi connectivity index (χ2n) is 4.51. The van der Waals surface area contributed by atoms with E-state index in [4.69, 9.17) is 11.6 Å². The molecule has 1 aromatic rings. The molecule has 0 amide bonds. The third kappa shape index (κ3) is 3.93. The number of aromatic nitrogens is 1. The molecule has 20 heavy (non-hydrogen) atoms. The molecule has 0 aliphatic carbocycles. The summed E-state index contributed by atoms with van der Waals surface area (Å²) in [6.07, 6.45) is -0.324. The van der Waals surface area contributed by atoms with Crippen LogP contribution < -0.4 is 0 Å². The molecule has 1 aliphatic rings. The van der Waals surface area contributed by atoms with E-state index in [9.17, 15) is 13.2 Å². The van der Waals surface area contributed by atoms with Crippen LogP contribution in [0.3, 0.4) is 0 Å². The fraction of sp³-hybridized carbons (Fsp3) is 0.385. The fourth-order valence-corrected chi connectivity index (χ4v) is 2.30. The molecule has 0 unspecified atom stereocenters. The summed E-state index contributed by atoms with van der Waals surface area (Å²) >= 11 is 10.1. The zero-order valence-corrected chi connectivity index (χ0v) is 12.0. The number of hydrogen-bond donors (Lipinski definition) is 0. The van der Waals surface area contributed by atoms with Gasteiger partial charge in [-0.1, -0.05) is 29.9 Å². The number of likely N-dealkylation sites (tertiary alicyclic amines) is 1. The first-order chi connectivity index (χ1) is 9.36. The highest BCUT2D eigenvalue weighted by Gasteiger charge is 2.33. The molecule has 0 atom stereocenters. The van der Waals surface area contributed by atoms with E-state index in [0.29, 0.717) is 23.8 Å². The van der Waals surface area contributed by atoms with Crippen molar-refractivity contribution in [2.24, 2.45) is 0 Å². The van der Waals surface area contributed by atoms with E-state index in [1.807, 2.05) is 11.0 Å². The molecule has 0 spiro atoms. The van der Waals surface area contributed by atoms with E-state index in [1.165, 1.54) is 0 Å². The zero-order valence-electron chi connectivity index (χ0n) is 10.5. The van der Waals surface area contributed by atoms with Gasteiger partial charge in [0.1, 0.15) is 10.0 Å². The highest BCUT2D eigenvalue weighted by atomic mass is 35.5. The Kier molecular flexibility index (Phi) is 4.65. The summed E-state index contributed by atoms with van der Waals surface area (Å²) in [6, 6.07) is 3.48. The SMILES string of the molecule is FC(F)(F)C(=S)/C=C1\CCCN1Cc1ccc(Cl)nc1. The van der Waals surface area contributed by atoms with Crippen molar-refractivity contribution in [3.05, 3.63) is 40.8 Å². The minimum Gasteiger partial charge on any atom is -0.370 e. The van der Waals surface area contributed by atoms with Crippen molar-refractivity contribution in [1.29, 1.82) is 0 Å². The second kappa shape index (κ2) is 6.10. The summed E-state index contributed by atoms with van der Waals surface area (Å²) in [7, 11) is 0. The van der Waals surface area contributed by atoms with Crippen molar-refractivity contribution in [2.45, 2.75) is 25.6 Å². The van der Waals surface area contributed by atoms with Gasteiger partial charge in [0.2, 0.25) is 0 Å². The van der Waals surface area contributed by atoms with Gasteiger partial charge in [0, 0.05) is 25.0 Å². The molecule has 0 bridgehead atoms. The molecule has 7 heteroatoms. The number of rotatable bonds is 3. The number of nitrogens with zero attached hydrogens (tertiary/aromatic N) is 2. The molecule has 1 fully saturated rings. The Hall–Kier alpha value is -1.14. The van der Waals surface area contributed by atoms with Gasteiger partial charge in [0.15, 0.2) is 0 Å². The topological polar surface area (TPSA) is 16.1 Å². The summed E-state index contributed by atoms with van der Waals surface area (Å²) < 4.78 is 37.4. The number of alkyl halides is 3. The normalized spacial score (nSPS) is 17.8. The number of hydrogen-bond acceptors (Lipinski definition) is 3. The van der Waals surface area contributed by atoms with Crippen LogP contribution in [0.25, 0.3) is 0 Å². The molecule has 0 radical (unpaired) electrons. The van der Waals surface area contributed by atoms with Crippen molar-refractivity contribution in [2.75, 3.05) is 6.54 Å². The first-order valence-corrected chi connectivity index (χ1v) is 6.82. The van der Waals surface area contributed by atoms with Crippen LogP contribution in [0.1, 0.15) is 18.4 Å². The smallest absolute Gasteiger partial charge is 0.370 e.